The van der Waals surface area contributed by atoms with Crippen LogP contribution in [0.25, 0.3) is 11.0 Å². The lowest BCUT2D eigenvalue weighted by Crippen LogP contribution is -2.29. The highest BCUT2D eigenvalue weighted by Gasteiger charge is 2.36. The van der Waals surface area contributed by atoms with Gasteiger partial charge in [0.15, 0.2) is 0 Å². The van der Waals surface area contributed by atoms with Crippen LogP contribution < -0.4 is 4.90 Å². The van der Waals surface area contributed by atoms with E-state index in [9.17, 15) is 4.79 Å². The molecule has 2 aromatic carbocycles. The van der Waals surface area contributed by atoms with Crippen molar-refractivity contribution in [2.75, 3.05) is 23.5 Å². The van der Waals surface area contributed by atoms with Crippen molar-refractivity contribution < 1.29 is 9.53 Å². The summed E-state index contributed by atoms with van der Waals surface area (Å²) in [6, 6.07) is 14.3. The molecule has 1 unspecified atom stereocenters. The van der Waals surface area contributed by atoms with E-state index in [4.69, 9.17) is 4.74 Å². The molecule has 0 spiro atoms. The first kappa shape index (κ1) is 18.3. The van der Waals surface area contributed by atoms with Gasteiger partial charge >= 0.3 is 0 Å². The van der Waals surface area contributed by atoms with E-state index in [1.165, 1.54) is 29.9 Å². The van der Waals surface area contributed by atoms with Gasteiger partial charge < -0.3 is 9.72 Å². The Morgan fingerprint density at radius 1 is 1.10 bits per heavy atom. The SMILES string of the molecule is COC1=CC(=O)N(c2ccc3nc[nH]c3c2)C1c1ccc(C2CCSCC2)cc1. The van der Waals surface area contributed by atoms with Gasteiger partial charge in [0.2, 0.25) is 0 Å². The third-order valence-electron chi connectivity index (χ3n) is 5.89. The minimum Gasteiger partial charge on any atom is -0.498 e. The molecule has 0 aliphatic carbocycles. The molecule has 5 nitrogen and oxygen atoms in total. The zero-order valence-electron chi connectivity index (χ0n) is 16.3. The Labute approximate surface area is 174 Å². The molecule has 1 saturated heterocycles. The van der Waals surface area contributed by atoms with Crippen LogP contribution in [0.3, 0.4) is 0 Å². The summed E-state index contributed by atoms with van der Waals surface area (Å²) in [5.41, 5.74) is 5.07. The molecule has 29 heavy (non-hydrogen) atoms. The van der Waals surface area contributed by atoms with Gasteiger partial charge in [-0.05, 0) is 59.6 Å². The van der Waals surface area contributed by atoms with Crippen molar-refractivity contribution in [3.05, 3.63) is 71.8 Å². The summed E-state index contributed by atoms with van der Waals surface area (Å²) in [6.07, 6.45) is 5.74. The maximum absolute atomic E-state index is 12.9. The maximum Gasteiger partial charge on any atom is 0.255 e. The predicted octanol–water partition coefficient (Wildman–Crippen LogP) is 4.79. The Hall–Kier alpha value is -2.73. The third kappa shape index (κ3) is 3.31. The van der Waals surface area contributed by atoms with E-state index < -0.39 is 0 Å². The van der Waals surface area contributed by atoms with Crippen molar-refractivity contribution in [2.45, 2.75) is 24.8 Å². The van der Waals surface area contributed by atoms with Crippen LogP contribution in [0.1, 0.15) is 35.9 Å². The number of nitrogens with zero attached hydrogens (tertiary/aromatic N) is 2. The lowest BCUT2D eigenvalue weighted by atomic mass is 9.91. The molecule has 3 heterocycles. The zero-order valence-corrected chi connectivity index (χ0v) is 17.1. The average Bonchev–Trinajstić information content (AvgIpc) is 3.37. The number of anilines is 1. The quantitative estimate of drug-likeness (QED) is 0.678. The van der Waals surface area contributed by atoms with Gasteiger partial charge in [-0.1, -0.05) is 24.3 Å². The molecular weight excluding hydrogens is 382 g/mol. The fraction of sp³-hybridized carbons (Fsp3) is 0.304. The van der Waals surface area contributed by atoms with Gasteiger partial charge in [-0.2, -0.15) is 11.8 Å². The summed E-state index contributed by atoms with van der Waals surface area (Å²) in [5, 5.41) is 0. The van der Waals surface area contributed by atoms with Crippen molar-refractivity contribution in [2.24, 2.45) is 0 Å². The second-order valence-corrected chi connectivity index (χ2v) is 8.74. The number of rotatable bonds is 4. The molecule has 2 aliphatic rings. The van der Waals surface area contributed by atoms with Gasteiger partial charge in [0.05, 0.1) is 24.5 Å². The summed E-state index contributed by atoms with van der Waals surface area (Å²) in [4.78, 5) is 22.0. The Morgan fingerprint density at radius 3 is 2.62 bits per heavy atom. The van der Waals surface area contributed by atoms with E-state index in [-0.39, 0.29) is 11.9 Å². The molecule has 2 aliphatic heterocycles. The number of benzene rings is 2. The molecule has 0 bridgehead atoms. The lowest BCUT2D eigenvalue weighted by molar-refractivity contribution is -0.113. The number of ether oxygens (including phenoxy) is 1. The minimum absolute atomic E-state index is 0.0703. The highest BCUT2D eigenvalue weighted by atomic mass is 32.2. The van der Waals surface area contributed by atoms with Crippen molar-refractivity contribution in [1.82, 2.24) is 9.97 Å². The Morgan fingerprint density at radius 2 is 1.86 bits per heavy atom. The number of fused-ring (bicyclic) bond motifs is 1. The normalized spacial score (nSPS) is 20.3. The number of carbonyl (C=O) groups excluding carboxylic acids is 1. The molecule has 0 saturated carbocycles. The molecule has 1 fully saturated rings. The summed E-state index contributed by atoms with van der Waals surface area (Å²) < 4.78 is 5.60. The number of hydrogen-bond acceptors (Lipinski definition) is 4. The predicted molar refractivity (Wildman–Crippen MR) is 117 cm³/mol. The van der Waals surface area contributed by atoms with Crippen molar-refractivity contribution in [3.8, 4) is 0 Å². The molecule has 0 radical (unpaired) electrons. The highest BCUT2D eigenvalue weighted by molar-refractivity contribution is 7.99. The molecule has 5 rings (SSSR count). The zero-order chi connectivity index (χ0) is 19.8. The van der Waals surface area contributed by atoms with Gasteiger partial charge in [-0.25, -0.2) is 4.98 Å². The van der Waals surface area contributed by atoms with Gasteiger partial charge in [0.1, 0.15) is 11.8 Å². The first-order valence-corrected chi connectivity index (χ1v) is 11.1. The number of aromatic amines is 1. The van der Waals surface area contributed by atoms with Crippen molar-refractivity contribution >= 4 is 34.4 Å². The smallest absolute Gasteiger partial charge is 0.255 e. The van der Waals surface area contributed by atoms with E-state index in [2.05, 4.69) is 34.2 Å². The second kappa shape index (κ2) is 7.59. The van der Waals surface area contributed by atoms with E-state index >= 15 is 0 Å². The largest absolute Gasteiger partial charge is 0.498 e. The fourth-order valence-corrected chi connectivity index (χ4v) is 5.45. The number of aromatic nitrogens is 2. The molecule has 1 N–H and O–H groups in total. The molecule has 1 aromatic heterocycles. The summed E-state index contributed by atoms with van der Waals surface area (Å²) in [7, 11) is 1.63. The topological polar surface area (TPSA) is 58.2 Å². The summed E-state index contributed by atoms with van der Waals surface area (Å²) in [6.45, 7) is 0. The molecular formula is C23H23N3O2S. The number of thioether (sulfide) groups is 1. The van der Waals surface area contributed by atoms with Crippen molar-refractivity contribution in [1.29, 1.82) is 0 Å². The van der Waals surface area contributed by atoms with E-state index in [0.717, 1.165) is 22.3 Å². The van der Waals surface area contributed by atoms with Gasteiger partial charge in [0.25, 0.3) is 5.91 Å². The fourth-order valence-electron chi connectivity index (χ4n) is 4.34. The molecule has 1 amide bonds. The molecule has 1 atom stereocenters. The van der Waals surface area contributed by atoms with Gasteiger partial charge in [-0.15, -0.1) is 0 Å². The number of H-pyrrole nitrogens is 1. The van der Waals surface area contributed by atoms with Crippen LogP contribution in [-0.2, 0) is 9.53 Å². The molecule has 148 valence electrons. The van der Waals surface area contributed by atoms with Crippen molar-refractivity contribution in [3.63, 3.8) is 0 Å². The van der Waals surface area contributed by atoms with Crippen LogP contribution in [-0.4, -0.2) is 34.5 Å². The Balaban J connectivity index is 1.49. The van der Waals surface area contributed by atoms with E-state index in [1.807, 2.05) is 30.0 Å². The number of imidazole rings is 1. The lowest BCUT2D eigenvalue weighted by Gasteiger charge is -2.28. The minimum atomic E-state index is -0.260. The number of carbonyl (C=O) groups is 1. The van der Waals surface area contributed by atoms with Gasteiger partial charge in [-0.3, -0.25) is 9.69 Å². The standard InChI is InChI=1S/C23H23N3O2S/c1-28-21-13-22(27)26(18-6-7-19-20(12-18)25-14-24-19)23(21)17-4-2-15(3-5-17)16-8-10-29-11-9-16/h2-7,12-14,16,23H,8-11H2,1H3,(H,24,25). The Bertz CT molecular complexity index is 1070. The first-order chi connectivity index (χ1) is 14.2. The summed E-state index contributed by atoms with van der Waals surface area (Å²) >= 11 is 2.04. The number of hydrogen-bond donors (Lipinski definition) is 1. The number of amides is 1. The van der Waals surface area contributed by atoms with E-state index in [0.29, 0.717) is 11.7 Å². The van der Waals surface area contributed by atoms with Gasteiger partial charge in [0, 0.05) is 11.8 Å². The monoisotopic (exact) mass is 405 g/mol. The second-order valence-electron chi connectivity index (χ2n) is 7.52. The van der Waals surface area contributed by atoms with Crippen LogP contribution in [0.5, 0.6) is 0 Å². The summed E-state index contributed by atoms with van der Waals surface area (Å²) in [5.74, 6) is 3.72. The van der Waals surface area contributed by atoms with Crippen LogP contribution in [0.2, 0.25) is 0 Å². The van der Waals surface area contributed by atoms with Crippen LogP contribution in [0, 0.1) is 0 Å². The first-order valence-electron chi connectivity index (χ1n) is 9.94. The molecule has 6 heteroatoms. The average molecular weight is 406 g/mol. The van der Waals surface area contributed by atoms with E-state index in [1.54, 1.807) is 24.4 Å². The third-order valence-corrected chi connectivity index (χ3v) is 6.94. The number of methoxy groups -OCH3 is 1. The molecule has 3 aromatic rings. The van der Waals surface area contributed by atoms with Crippen LogP contribution in [0.4, 0.5) is 5.69 Å². The van der Waals surface area contributed by atoms with Crippen LogP contribution >= 0.6 is 11.8 Å². The highest BCUT2D eigenvalue weighted by Crippen LogP contribution is 2.40. The van der Waals surface area contributed by atoms with Crippen LogP contribution in [0.15, 0.2) is 60.6 Å². The number of nitrogens with one attached hydrogen (secondary N) is 1. The Kier molecular flexibility index (Phi) is 4.79. The maximum atomic E-state index is 12.9.